The maximum Gasteiger partial charge on any atom is 0.243 e. The zero-order chi connectivity index (χ0) is 17.9. The van der Waals surface area contributed by atoms with Gasteiger partial charge in [-0.3, -0.25) is 9.59 Å². The molecule has 0 saturated carbocycles. The van der Waals surface area contributed by atoms with Gasteiger partial charge < -0.3 is 16.0 Å². The topological polar surface area (TPSA) is 70.2 Å². The van der Waals surface area contributed by atoms with Crippen LogP contribution in [0.25, 0.3) is 0 Å². The molecule has 3 N–H and O–H groups in total. The van der Waals surface area contributed by atoms with Crippen molar-refractivity contribution in [2.24, 2.45) is 0 Å². The fourth-order valence-corrected chi connectivity index (χ4v) is 2.37. The molecule has 0 bridgehead atoms. The number of amides is 2. The zero-order valence-corrected chi connectivity index (χ0v) is 14.5. The standard InChI is InChI=1S/C20H25N3O2/c1-2-3-5-13-19(24)23-18-12-8-11-17(14-18)21-15-20(25)22-16-9-6-4-7-10-16/h4,6-12,14,21H,2-3,5,13,15H2,1H3,(H,22,25)(H,23,24). The van der Waals surface area contributed by atoms with Gasteiger partial charge in [0.25, 0.3) is 0 Å². The molecule has 5 heteroatoms. The summed E-state index contributed by atoms with van der Waals surface area (Å²) in [6, 6.07) is 16.7. The monoisotopic (exact) mass is 339 g/mol. The van der Waals surface area contributed by atoms with E-state index in [9.17, 15) is 9.59 Å². The lowest BCUT2D eigenvalue weighted by Gasteiger charge is -2.10. The van der Waals surface area contributed by atoms with Crippen molar-refractivity contribution in [1.29, 1.82) is 0 Å². The normalized spacial score (nSPS) is 10.1. The van der Waals surface area contributed by atoms with E-state index in [-0.39, 0.29) is 18.4 Å². The first-order valence-corrected chi connectivity index (χ1v) is 8.66. The molecule has 132 valence electrons. The summed E-state index contributed by atoms with van der Waals surface area (Å²) in [5.74, 6) is -0.104. The van der Waals surface area contributed by atoms with Crippen LogP contribution in [0.1, 0.15) is 32.6 Å². The molecule has 5 nitrogen and oxygen atoms in total. The number of hydrogen-bond donors (Lipinski definition) is 3. The number of rotatable bonds is 9. The molecule has 0 atom stereocenters. The molecule has 2 aromatic rings. The van der Waals surface area contributed by atoms with Gasteiger partial charge in [0.2, 0.25) is 11.8 Å². The summed E-state index contributed by atoms with van der Waals surface area (Å²) < 4.78 is 0. The molecule has 0 aliphatic heterocycles. The van der Waals surface area contributed by atoms with Gasteiger partial charge >= 0.3 is 0 Å². The predicted octanol–water partition coefficient (Wildman–Crippen LogP) is 4.26. The second-order valence-corrected chi connectivity index (χ2v) is 5.85. The van der Waals surface area contributed by atoms with Crippen LogP contribution >= 0.6 is 0 Å². The highest BCUT2D eigenvalue weighted by Crippen LogP contribution is 2.15. The van der Waals surface area contributed by atoms with Gasteiger partial charge in [0.05, 0.1) is 6.54 Å². The Labute approximate surface area is 148 Å². The van der Waals surface area contributed by atoms with Crippen LogP contribution in [-0.4, -0.2) is 18.4 Å². The summed E-state index contributed by atoms with van der Waals surface area (Å²) in [4.78, 5) is 23.8. The first-order valence-electron chi connectivity index (χ1n) is 8.66. The van der Waals surface area contributed by atoms with E-state index >= 15 is 0 Å². The molecule has 0 saturated heterocycles. The molecule has 2 amide bonds. The predicted molar refractivity (Wildman–Crippen MR) is 103 cm³/mol. The summed E-state index contributed by atoms with van der Waals surface area (Å²) >= 11 is 0. The fraction of sp³-hybridized carbons (Fsp3) is 0.300. The number of nitrogens with one attached hydrogen (secondary N) is 3. The van der Waals surface area contributed by atoms with Crippen LogP contribution in [0.15, 0.2) is 54.6 Å². The van der Waals surface area contributed by atoms with Crippen LogP contribution in [0.3, 0.4) is 0 Å². The lowest BCUT2D eigenvalue weighted by molar-refractivity contribution is -0.116. The maximum absolute atomic E-state index is 12.0. The average molecular weight is 339 g/mol. The first kappa shape index (κ1) is 18.5. The quantitative estimate of drug-likeness (QED) is 0.598. The van der Waals surface area contributed by atoms with Gasteiger partial charge in [0.1, 0.15) is 0 Å². The maximum atomic E-state index is 12.0. The van der Waals surface area contributed by atoms with E-state index in [0.717, 1.165) is 36.3 Å². The minimum Gasteiger partial charge on any atom is -0.376 e. The zero-order valence-electron chi connectivity index (χ0n) is 14.5. The highest BCUT2D eigenvalue weighted by atomic mass is 16.2. The van der Waals surface area contributed by atoms with E-state index in [0.29, 0.717) is 6.42 Å². The third-order valence-corrected chi connectivity index (χ3v) is 3.66. The Balaban J connectivity index is 1.80. The Kier molecular flexibility index (Phi) is 7.50. The molecular formula is C20H25N3O2. The molecule has 0 aliphatic rings. The third kappa shape index (κ3) is 7.08. The highest BCUT2D eigenvalue weighted by Gasteiger charge is 2.05. The summed E-state index contributed by atoms with van der Waals surface area (Å²) in [7, 11) is 0. The molecule has 0 fully saturated rings. The number of anilines is 3. The Morgan fingerprint density at radius 2 is 1.48 bits per heavy atom. The van der Waals surface area contributed by atoms with Gasteiger partial charge in [0.15, 0.2) is 0 Å². The summed E-state index contributed by atoms with van der Waals surface area (Å²) in [5, 5.41) is 8.77. The van der Waals surface area contributed by atoms with Crippen molar-refractivity contribution in [2.45, 2.75) is 32.6 Å². The van der Waals surface area contributed by atoms with Crippen molar-refractivity contribution in [2.75, 3.05) is 22.5 Å². The van der Waals surface area contributed by atoms with E-state index in [4.69, 9.17) is 0 Å². The number of para-hydroxylation sites is 1. The molecule has 0 spiro atoms. The molecule has 2 rings (SSSR count). The molecule has 2 aromatic carbocycles. The first-order chi connectivity index (χ1) is 12.2. The van der Waals surface area contributed by atoms with Gasteiger partial charge in [-0.15, -0.1) is 0 Å². The molecule has 0 heterocycles. The van der Waals surface area contributed by atoms with Crippen molar-refractivity contribution in [3.05, 3.63) is 54.6 Å². The van der Waals surface area contributed by atoms with Gasteiger partial charge in [-0.2, -0.15) is 0 Å². The SMILES string of the molecule is CCCCCC(=O)Nc1cccc(NCC(=O)Nc2ccccc2)c1. The van der Waals surface area contributed by atoms with E-state index in [2.05, 4.69) is 22.9 Å². The number of carbonyl (C=O) groups excluding carboxylic acids is 2. The van der Waals surface area contributed by atoms with E-state index < -0.39 is 0 Å². The number of hydrogen-bond acceptors (Lipinski definition) is 3. The van der Waals surface area contributed by atoms with E-state index in [1.807, 2.05) is 54.6 Å². The largest absolute Gasteiger partial charge is 0.376 e. The Morgan fingerprint density at radius 3 is 2.24 bits per heavy atom. The molecule has 0 radical (unpaired) electrons. The lowest BCUT2D eigenvalue weighted by atomic mass is 10.2. The Bertz CT molecular complexity index is 686. The summed E-state index contributed by atoms with van der Waals surface area (Å²) in [5.41, 5.74) is 2.28. The van der Waals surface area contributed by atoms with Crippen molar-refractivity contribution in [3.63, 3.8) is 0 Å². The second kappa shape index (κ2) is 10.1. The highest BCUT2D eigenvalue weighted by molar-refractivity contribution is 5.94. The Hall–Kier alpha value is -2.82. The minimum absolute atomic E-state index is 0.0208. The van der Waals surface area contributed by atoms with Crippen molar-refractivity contribution in [1.82, 2.24) is 0 Å². The lowest BCUT2D eigenvalue weighted by Crippen LogP contribution is -2.21. The Morgan fingerprint density at radius 1 is 0.800 bits per heavy atom. The van der Waals surface area contributed by atoms with Crippen LogP contribution in [-0.2, 0) is 9.59 Å². The molecule has 0 aliphatic carbocycles. The number of unbranched alkanes of at least 4 members (excludes halogenated alkanes) is 2. The van der Waals surface area contributed by atoms with Crippen LogP contribution in [0, 0.1) is 0 Å². The van der Waals surface area contributed by atoms with Crippen LogP contribution in [0.5, 0.6) is 0 Å². The molecular weight excluding hydrogens is 314 g/mol. The van der Waals surface area contributed by atoms with Gasteiger partial charge in [-0.1, -0.05) is 44.0 Å². The second-order valence-electron chi connectivity index (χ2n) is 5.85. The van der Waals surface area contributed by atoms with Gasteiger partial charge in [-0.05, 0) is 36.8 Å². The third-order valence-electron chi connectivity index (χ3n) is 3.66. The van der Waals surface area contributed by atoms with Crippen LogP contribution in [0.4, 0.5) is 17.1 Å². The van der Waals surface area contributed by atoms with Gasteiger partial charge in [-0.25, -0.2) is 0 Å². The van der Waals surface area contributed by atoms with Crippen molar-refractivity contribution >= 4 is 28.9 Å². The summed E-state index contributed by atoms with van der Waals surface area (Å²) in [6.45, 7) is 2.27. The summed E-state index contributed by atoms with van der Waals surface area (Å²) in [6.07, 6.45) is 3.59. The van der Waals surface area contributed by atoms with Crippen molar-refractivity contribution in [3.8, 4) is 0 Å². The van der Waals surface area contributed by atoms with E-state index in [1.54, 1.807) is 0 Å². The number of benzene rings is 2. The van der Waals surface area contributed by atoms with E-state index in [1.165, 1.54) is 0 Å². The van der Waals surface area contributed by atoms with Crippen LogP contribution in [0.2, 0.25) is 0 Å². The molecule has 0 aromatic heterocycles. The number of carbonyl (C=O) groups is 2. The van der Waals surface area contributed by atoms with Crippen LogP contribution < -0.4 is 16.0 Å². The smallest absolute Gasteiger partial charge is 0.243 e. The fourth-order valence-electron chi connectivity index (χ4n) is 2.37. The molecule has 25 heavy (non-hydrogen) atoms. The van der Waals surface area contributed by atoms with Crippen molar-refractivity contribution < 1.29 is 9.59 Å². The minimum atomic E-state index is -0.125. The molecule has 0 unspecified atom stereocenters. The average Bonchev–Trinajstić information content (AvgIpc) is 2.61. The van der Waals surface area contributed by atoms with Gasteiger partial charge in [0, 0.05) is 23.5 Å².